The molecule has 0 spiro atoms. The summed E-state index contributed by atoms with van der Waals surface area (Å²) in [7, 11) is 0. The third-order valence-corrected chi connectivity index (χ3v) is 4.01. The minimum atomic E-state index is -0.573. The van der Waals surface area contributed by atoms with E-state index in [1.807, 2.05) is 30.3 Å². The van der Waals surface area contributed by atoms with Gasteiger partial charge in [-0.3, -0.25) is 0 Å². The van der Waals surface area contributed by atoms with Crippen molar-refractivity contribution >= 4 is 10.8 Å². The molecule has 0 saturated carbocycles. The molecule has 1 atom stereocenters. The van der Waals surface area contributed by atoms with E-state index in [0.717, 1.165) is 16.5 Å². The number of aliphatic hydroxyl groups excluding tert-OH is 1. The first-order chi connectivity index (χ1) is 10.1. The maximum absolute atomic E-state index is 10.6. The summed E-state index contributed by atoms with van der Waals surface area (Å²) in [6.07, 6.45) is -0.573. The Morgan fingerprint density at radius 3 is 1.90 bits per heavy atom. The van der Waals surface area contributed by atoms with E-state index in [1.165, 1.54) is 10.9 Å². The van der Waals surface area contributed by atoms with Gasteiger partial charge in [0, 0.05) is 0 Å². The van der Waals surface area contributed by atoms with E-state index in [2.05, 4.69) is 50.2 Å². The molecule has 106 valence electrons. The highest BCUT2D eigenvalue weighted by molar-refractivity contribution is 5.83. The molecule has 1 heteroatoms. The Morgan fingerprint density at radius 2 is 1.24 bits per heavy atom. The van der Waals surface area contributed by atoms with Crippen LogP contribution >= 0.6 is 0 Å². The maximum Gasteiger partial charge on any atom is 0.104 e. The first kappa shape index (κ1) is 13.8. The third kappa shape index (κ3) is 2.84. The van der Waals surface area contributed by atoms with Gasteiger partial charge in [0.1, 0.15) is 6.10 Å². The molecule has 0 radical (unpaired) electrons. The van der Waals surface area contributed by atoms with Crippen molar-refractivity contribution in [3.8, 4) is 0 Å². The monoisotopic (exact) mass is 276 g/mol. The lowest BCUT2D eigenvalue weighted by molar-refractivity contribution is 0.220. The molecular formula is C20H20O. The predicted octanol–water partition coefficient (Wildman–Crippen LogP) is 5.04. The first-order valence-electron chi connectivity index (χ1n) is 7.42. The summed E-state index contributed by atoms with van der Waals surface area (Å²) in [4.78, 5) is 0. The van der Waals surface area contributed by atoms with Crippen LogP contribution in [0, 0.1) is 0 Å². The highest BCUT2D eigenvalue weighted by atomic mass is 16.3. The molecule has 21 heavy (non-hydrogen) atoms. The van der Waals surface area contributed by atoms with E-state index in [4.69, 9.17) is 0 Å². The van der Waals surface area contributed by atoms with Crippen LogP contribution < -0.4 is 0 Å². The van der Waals surface area contributed by atoms with E-state index in [1.54, 1.807) is 0 Å². The summed E-state index contributed by atoms with van der Waals surface area (Å²) in [5.74, 6) is 0.511. The summed E-state index contributed by atoms with van der Waals surface area (Å²) >= 11 is 0. The molecule has 0 fully saturated rings. The average molecular weight is 276 g/mol. The number of hydrogen-bond donors (Lipinski definition) is 1. The van der Waals surface area contributed by atoms with Gasteiger partial charge in [-0.2, -0.15) is 0 Å². The van der Waals surface area contributed by atoms with Crippen molar-refractivity contribution < 1.29 is 5.11 Å². The second kappa shape index (κ2) is 5.71. The van der Waals surface area contributed by atoms with Crippen LogP contribution in [0.3, 0.4) is 0 Å². The quantitative estimate of drug-likeness (QED) is 0.710. The molecule has 0 aliphatic carbocycles. The fraction of sp³-hybridized carbons (Fsp3) is 0.200. The van der Waals surface area contributed by atoms with Gasteiger partial charge in [-0.05, 0) is 39.4 Å². The van der Waals surface area contributed by atoms with Gasteiger partial charge in [-0.15, -0.1) is 0 Å². The smallest absolute Gasteiger partial charge is 0.104 e. The molecule has 1 nitrogen and oxygen atoms in total. The molecule has 3 aromatic rings. The van der Waals surface area contributed by atoms with Crippen molar-refractivity contribution in [2.24, 2.45) is 0 Å². The van der Waals surface area contributed by atoms with E-state index in [0.29, 0.717) is 5.92 Å². The number of rotatable bonds is 3. The molecule has 0 amide bonds. The van der Waals surface area contributed by atoms with Gasteiger partial charge in [0.05, 0.1) is 0 Å². The lowest BCUT2D eigenvalue weighted by Crippen LogP contribution is -2.00. The van der Waals surface area contributed by atoms with Crippen LogP contribution in [0.15, 0.2) is 66.7 Å². The maximum atomic E-state index is 10.6. The Kier molecular flexibility index (Phi) is 3.76. The summed E-state index contributed by atoms with van der Waals surface area (Å²) in [6.45, 7) is 4.35. The second-order valence-corrected chi connectivity index (χ2v) is 5.83. The lowest BCUT2D eigenvalue weighted by Gasteiger charge is -2.14. The summed E-state index contributed by atoms with van der Waals surface area (Å²) < 4.78 is 0. The predicted molar refractivity (Wildman–Crippen MR) is 88.5 cm³/mol. The van der Waals surface area contributed by atoms with Gasteiger partial charge in [-0.1, -0.05) is 74.5 Å². The van der Waals surface area contributed by atoms with Crippen molar-refractivity contribution in [2.75, 3.05) is 0 Å². The van der Waals surface area contributed by atoms with Crippen molar-refractivity contribution in [1.29, 1.82) is 0 Å². The van der Waals surface area contributed by atoms with Gasteiger partial charge in [0.2, 0.25) is 0 Å². The SMILES string of the molecule is CC(C)c1ccc(C(O)c2ccc3ccccc3c2)cc1. The zero-order valence-corrected chi connectivity index (χ0v) is 12.5. The highest BCUT2D eigenvalue weighted by Gasteiger charge is 2.11. The fourth-order valence-electron chi connectivity index (χ4n) is 2.63. The molecule has 1 N–H and O–H groups in total. The second-order valence-electron chi connectivity index (χ2n) is 5.83. The van der Waals surface area contributed by atoms with Crippen LogP contribution in [0.2, 0.25) is 0 Å². The molecule has 0 bridgehead atoms. The Hall–Kier alpha value is -2.12. The largest absolute Gasteiger partial charge is 0.384 e. The Labute approximate surface area is 125 Å². The average Bonchev–Trinajstić information content (AvgIpc) is 2.54. The molecule has 3 rings (SSSR count). The van der Waals surface area contributed by atoms with E-state index in [9.17, 15) is 5.11 Å². The highest BCUT2D eigenvalue weighted by Crippen LogP contribution is 2.26. The molecule has 0 aliphatic heterocycles. The van der Waals surface area contributed by atoms with Gasteiger partial charge in [-0.25, -0.2) is 0 Å². The van der Waals surface area contributed by atoms with Crippen LogP contribution in [0.25, 0.3) is 10.8 Å². The Bertz CT molecular complexity index is 741. The van der Waals surface area contributed by atoms with Crippen molar-refractivity contribution in [1.82, 2.24) is 0 Å². The minimum Gasteiger partial charge on any atom is -0.384 e. The third-order valence-electron chi connectivity index (χ3n) is 4.01. The Balaban J connectivity index is 1.93. The van der Waals surface area contributed by atoms with Gasteiger partial charge in [0.15, 0.2) is 0 Å². The van der Waals surface area contributed by atoms with Crippen LogP contribution in [-0.2, 0) is 0 Å². The van der Waals surface area contributed by atoms with Gasteiger partial charge >= 0.3 is 0 Å². The van der Waals surface area contributed by atoms with Crippen molar-refractivity contribution in [3.05, 3.63) is 83.4 Å². The number of aliphatic hydroxyl groups is 1. The molecule has 0 aliphatic rings. The molecule has 3 aromatic carbocycles. The van der Waals surface area contributed by atoms with Crippen LogP contribution in [0.5, 0.6) is 0 Å². The normalized spacial score (nSPS) is 12.8. The molecule has 0 aromatic heterocycles. The van der Waals surface area contributed by atoms with Crippen molar-refractivity contribution in [3.63, 3.8) is 0 Å². The van der Waals surface area contributed by atoms with E-state index >= 15 is 0 Å². The van der Waals surface area contributed by atoms with E-state index < -0.39 is 6.10 Å². The number of benzene rings is 3. The van der Waals surface area contributed by atoms with Crippen molar-refractivity contribution in [2.45, 2.75) is 25.9 Å². The summed E-state index contributed by atoms with van der Waals surface area (Å²) in [6, 6.07) is 22.6. The standard InChI is InChI=1S/C20H20O/c1-14(2)15-7-10-17(11-8-15)20(21)19-12-9-16-5-3-4-6-18(16)13-19/h3-14,20-21H,1-2H3. The van der Waals surface area contributed by atoms with Crippen LogP contribution in [0.1, 0.15) is 42.6 Å². The first-order valence-corrected chi connectivity index (χ1v) is 7.42. The molecule has 0 heterocycles. The number of fused-ring (bicyclic) bond motifs is 1. The summed E-state index contributed by atoms with van der Waals surface area (Å²) in [5, 5.41) is 12.9. The molecule has 1 unspecified atom stereocenters. The fourth-order valence-corrected chi connectivity index (χ4v) is 2.63. The topological polar surface area (TPSA) is 20.2 Å². The molecule has 0 saturated heterocycles. The zero-order chi connectivity index (χ0) is 14.8. The molecular weight excluding hydrogens is 256 g/mol. The zero-order valence-electron chi connectivity index (χ0n) is 12.5. The number of hydrogen-bond acceptors (Lipinski definition) is 1. The van der Waals surface area contributed by atoms with Gasteiger partial charge < -0.3 is 5.11 Å². The minimum absolute atomic E-state index is 0.511. The van der Waals surface area contributed by atoms with Crippen LogP contribution in [-0.4, -0.2) is 5.11 Å². The van der Waals surface area contributed by atoms with Crippen LogP contribution in [0.4, 0.5) is 0 Å². The van der Waals surface area contributed by atoms with Gasteiger partial charge in [0.25, 0.3) is 0 Å². The van der Waals surface area contributed by atoms with E-state index in [-0.39, 0.29) is 0 Å². The Morgan fingerprint density at radius 1 is 0.667 bits per heavy atom. The lowest BCUT2D eigenvalue weighted by atomic mass is 9.96. The summed E-state index contributed by atoms with van der Waals surface area (Å²) in [5.41, 5.74) is 3.17.